The molecule has 2 N–H and O–H groups in total. The minimum Gasteiger partial charge on any atom is -0.492 e. The third-order valence-corrected chi connectivity index (χ3v) is 3.41. The van der Waals surface area contributed by atoms with Crippen LogP contribution in [-0.4, -0.2) is 25.0 Å². The lowest BCUT2D eigenvalue weighted by Gasteiger charge is -2.11. The number of hydrogen-bond donors (Lipinski definition) is 2. The molecule has 0 radical (unpaired) electrons. The van der Waals surface area contributed by atoms with Crippen LogP contribution in [0.1, 0.15) is 18.9 Å². The van der Waals surface area contributed by atoms with Crippen molar-refractivity contribution < 1.29 is 14.3 Å². The van der Waals surface area contributed by atoms with Gasteiger partial charge < -0.3 is 15.4 Å². The Morgan fingerprint density at radius 3 is 2.42 bits per heavy atom. The van der Waals surface area contributed by atoms with Gasteiger partial charge in [-0.15, -0.1) is 0 Å². The van der Waals surface area contributed by atoms with E-state index in [-0.39, 0.29) is 0 Å². The summed E-state index contributed by atoms with van der Waals surface area (Å²) < 4.78 is 5.42. The topological polar surface area (TPSA) is 67.4 Å². The van der Waals surface area contributed by atoms with E-state index in [1.54, 1.807) is 18.2 Å². The lowest BCUT2D eigenvalue weighted by molar-refractivity contribution is -0.136. The lowest BCUT2D eigenvalue weighted by Crippen LogP contribution is -2.36. The first-order valence-corrected chi connectivity index (χ1v) is 8.05. The number of carbonyl (C=O) groups excluding carboxylic acids is 2. The summed E-state index contributed by atoms with van der Waals surface area (Å²) in [7, 11) is 0. The molecule has 2 aromatic rings. The second kappa shape index (κ2) is 9.35. The number of amides is 2. The summed E-state index contributed by atoms with van der Waals surface area (Å²) in [6.45, 7) is 2.80. The van der Waals surface area contributed by atoms with Gasteiger partial charge in [0.05, 0.1) is 12.3 Å². The van der Waals surface area contributed by atoms with Crippen molar-refractivity contribution in [2.24, 2.45) is 0 Å². The van der Waals surface area contributed by atoms with E-state index in [9.17, 15) is 9.59 Å². The van der Waals surface area contributed by atoms with Gasteiger partial charge in [0.15, 0.2) is 0 Å². The number of aryl methyl sites for hydroxylation is 1. The Morgan fingerprint density at radius 2 is 1.67 bits per heavy atom. The van der Waals surface area contributed by atoms with Crippen molar-refractivity contribution in [2.75, 3.05) is 18.5 Å². The molecular weight excluding hydrogens is 304 g/mol. The van der Waals surface area contributed by atoms with E-state index in [2.05, 4.69) is 10.6 Å². The number of nitrogens with one attached hydrogen (secondary N) is 2. The van der Waals surface area contributed by atoms with Crippen LogP contribution >= 0.6 is 0 Å². The van der Waals surface area contributed by atoms with Crippen LogP contribution in [0.25, 0.3) is 0 Å². The zero-order valence-corrected chi connectivity index (χ0v) is 13.7. The van der Waals surface area contributed by atoms with Gasteiger partial charge in [0.25, 0.3) is 0 Å². The molecule has 0 aliphatic heterocycles. The van der Waals surface area contributed by atoms with Gasteiger partial charge in [0, 0.05) is 6.54 Å². The molecule has 0 atom stereocenters. The molecule has 0 aliphatic carbocycles. The van der Waals surface area contributed by atoms with Crippen molar-refractivity contribution in [1.29, 1.82) is 0 Å². The molecule has 0 unspecified atom stereocenters. The summed E-state index contributed by atoms with van der Waals surface area (Å²) in [6, 6.07) is 17.0. The molecule has 0 saturated carbocycles. The fraction of sp³-hybridized carbons (Fsp3) is 0.263. The van der Waals surface area contributed by atoms with Crippen molar-refractivity contribution in [3.8, 4) is 5.75 Å². The summed E-state index contributed by atoms with van der Waals surface area (Å²) in [5.74, 6) is -0.790. The van der Waals surface area contributed by atoms with Crippen molar-refractivity contribution in [2.45, 2.75) is 19.8 Å². The van der Waals surface area contributed by atoms with E-state index in [0.717, 1.165) is 12.8 Å². The van der Waals surface area contributed by atoms with Crippen molar-refractivity contribution in [3.63, 3.8) is 0 Å². The molecule has 0 spiro atoms. The Bertz CT molecular complexity index is 671. The Hall–Kier alpha value is -2.82. The average Bonchev–Trinajstić information content (AvgIpc) is 2.61. The highest BCUT2D eigenvalue weighted by atomic mass is 16.5. The van der Waals surface area contributed by atoms with E-state index in [1.807, 2.05) is 43.3 Å². The number of ether oxygens (including phenoxy) is 1. The maximum absolute atomic E-state index is 12.0. The molecule has 0 saturated heterocycles. The first-order valence-electron chi connectivity index (χ1n) is 8.05. The summed E-state index contributed by atoms with van der Waals surface area (Å²) >= 11 is 0. The van der Waals surface area contributed by atoms with Crippen LogP contribution in [0.4, 0.5) is 5.69 Å². The highest BCUT2D eigenvalue weighted by molar-refractivity contribution is 6.39. The van der Waals surface area contributed by atoms with E-state index >= 15 is 0 Å². The second-order valence-corrected chi connectivity index (χ2v) is 5.23. The van der Waals surface area contributed by atoms with Gasteiger partial charge in [-0.05, 0) is 37.5 Å². The van der Waals surface area contributed by atoms with Crippen LogP contribution < -0.4 is 15.4 Å². The lowest BCUT2D eigenvalue weighted by atomic mass is 10.1. The molecule has 2 aromatic carbocycles. The fourth-order valence-electron chi connectivity index (χ4n) is 2.25. The number of para-hydroxylation sites is 2. The second-order valence-electron chi connectivity index (χ2n) is 5.23. The van der Waals surface area contributed by atoms with Crippen LogP contribution in [0.3, 0.4) is 0 Å². The Balaban J connectivity index is 1.77. The molecule has 0 aromatic heterocycles. The molecule has 5 heteroatoms. The van der Waals surface area contributed by atoms with Gasteiger partial charge in [-0.2, -0.15) is 0 Å². The van der Waals surface area contributed by atoms with E-state index in [1.165, 1.54) is 5.56 Å². The smallest absolute Gasteiger partial charge is 0.313 e. The zero-order valence-electron chi connectivity index (χ0n) is 13.7. The molecule has 0 bridgehead atoms. The number of anilines is 1. The Labute approximate surface area is 142 Å². The van der Waals surface area contributed by atoms with Crippen LogP contribution in [0.15, 0.2) is 54.6 Å². The molecule has 2 rings (SSSR count). The van der Waals surface area contributed by atoms with Gasteiger partial charge >= 0.3 is 11.8 Å². The van der Waals surface area contributed by atoms with E-state index in [4.69, 9.17) is 4.74 Å². The van der Waals surface area contributed by atoms with Gasteiger partial charge in [0.1, 0.15) is 5.75 Å². The predicted molar refractivity (Wildman–Crippen MR) is 94.0 cm³/mol. The first-order chi connectivity index (χ1) is 11.7. The maximum Gasteiger partial charge on any atom is 0.313 e. The highest BCUT2D eigenvalue weighted by Crippen LogP contribution is 2.23. The molecule has 2 amide bonds. The van der Waals surface area contributed by atoms with Crippen molar-refractivity contribution in [1.82, 2.24) is 5.32 Å². The Kier molecular flexibility index (Phi) is 6.83. The number of carbonyl (C=O) groups is 2. The maximum atomic E-state index is 12.0. The van der Waals surface area contributed by atoms with Gasteiger partial charge in [-0.3, -0.25) is 9.59 Å². The quantitative estimate of drug-likeness (QED) is 0.607. The normalized spacial score (nSPS) is 10.0. The molecular formula is C19H22N2O3. The third-order valence-electron chi connectivity index (χ3n) is 3.41. The van der Waals surface area contributed by atoms with E-state index < -0.39 is 11.8 Å². The molecule has 126 valence electrons. The van der Waals surface area contributed by atoms with Gasteiger partial charge in [-0.25, -0.2) is 0 Å². The summed E-state index contributed by atoms with van der Waals surface area (Å²) in [5.41, 5.74) is 1.70. The SMILES string of the molecule is CCOc1ccccc1NC(=O)C(=O)NCCCc1ccccc1. The molecule has 0 heterocycles. The minimum absolute atomic E-state index is 0.453. The molecule has 0 aliphatic rings. The minimum atomic E-state index is -0.693. The molecule has 24 heavy (non-hydrogen) atoms. The van der Waals surface area contributed by atoms with E-state index in [0.29, 0.717) is 24.6 Å². The standard InChI is InChI=1S/C19H22N2O3/c1-2-24-17-13-7-6-12-16(17)21-19(23)18(22)20-14-8-11-15-9-4-3-5-10-15/h3-7,9-10,12-13H,2,8,11,14H2,1H3,(H,20,22)(H,21,23). The number of hydrogen-bond acceptors (Lipinski definition) is 3. The predicted octanol–water partition coefficient (Wildman–Crippen LogP) is 2.77. The molecule has 5 nitrogen and oxygen atoms in total. The Morgan fingerprint density at radius 1 is 0.958 bits per heavy atom. The molecule has 0 fully saturated rings. The summed E-state index contributed by atoms with van der Waals surface area (Å²) in [6.07, 6.45) is 1.63. The van der Waals surface area contributed by atoms with Gasteiger partial charge in [-0.1, -0.05) is 42.5 Å². The summed E-state index contributed by atoms with van der Waals surface area (Å²) in [5, 5.41) is 5.21. The zero-order chi connectivity index (χ0) is 17.2. The van der Waals surface area contributed by atoms with Crippen LogP contribution in [0.5, 0.6) is 5.75 Å². The monoisotopic (exact) mass is 326 g/mol. The average molecular weight is 326 g/mol. The third kappa shape index (κ3) is 5.43. The number of benzene rings is 2. The van der Waals surface area contributed by atoms with Crippen LogP contribution in [-0.2, 0) is 16.0 Å². The van der Waals surface area contributed by atoms with Gasteiger partial charge in [0.2, 0.25) is 0 Å². The summed E-state index contributed by atoms with van der Waals surface area (Å²) in [4.78, 5) is 23.8. The van der Waals surface area contributed by atoms with Crippen molar-refractivity contribution in [3.05, 3.63) is 60.2 Å². The largest absolute Gasteiger partial charge is 0.492 e. The van der Waals surface area contributed by atoms with Crippen molar-refractivity contribution >= 4 is 17.5 Å². The van der Waals surface area contributed by atoms with Crippen LogP contribution in [0, 0.1) is 0 Å². The highest BCUT2D eigenvalue weighted by Gasteiger charge is 2.15. The first kappa shape index (κ1) is 17.5. The number of rotatable bonds is 7. The van der Waals surface area contributed by atoms with Crippen LogP contribution in [0.2, 0.25) is 0 Å². The fourth-order valence-corrected chi connectivity index (χ4v) is 2.25.